The van der Waals surface area contributed by atoms with Gasteiger partial charge in [0.2, 0.25) is 11.7 Å². The Morgan fingerprint density at radius 2 is 1.82 bits per heavy atom. The van der Waals surface area contributed by atoms with E-state index in [9.17, 15) is 13.2 Å². The van der Waals surface area contributed by atoms with Gasteiger partial charge in [-0.15, -0.1) is 0 Å². The van der Waals surface area contributed by atoms with E-state index in [1.54, 1.807) is 49.4 Å². The lowest BCUT2D eigenvalue weighted by atomic mass is 10.1. The Bertz CT molecular complexity index is 1460. The van der Waals surface area contributed by atoms with E-state index in [1.807, 2.05) is 18.2 Å². The van der Waals surface area contributed by atoms with Crippen molar-refractivity contribution in [3.63, 3.8) is 0 Å². The molecule has 0 atom stereocenters. The average Bonchev–Trinajstić information content (AvgIpc) is 3.46. The summed E-state index contributed by atoms with van der Waals surface area (Å²) in [7, 11) is -3.81. The van der Waals surface area contributed by atoms with E-state index < -0.39 is 15.9 Å². The van der Waals surface area contributed by atoms with Crippen LogP contribution in [0.4, 0.5) is 11.4 Å². The number of carbonyl (C=O) groups is 1. The molecule has 8 nitrogen and oxygen atoms in total. The Morgan fingerprint density at radius 3 is 2.64 bits per heavy atom. The second-order valence-electron chi connectivity index (χ2n) is 7.62. The molecule has 9 heteroatoms. The topological polar surface area (TPSA) is 105 Å². The Morgan fingerprint density at radius 1 is 1.03 bits per heavy atom. The lowest BCUT2D eigenvalue weighted by molar-refractivity contribution is 0.102. The van der Waals surface area contributed by atoms with Gasteiger partial charge in [0.25, 0.3) is 15.9 Å². The summed E-state index contributed by atoms with van der Waals surface area (Å²) in [6.45, 7) is 2.05. The molecule has 33 heavy (non-hydrogen) atoms. The fourth-order valence-electron chi connectivity index (χ4n) is 3.87. The Hall–Kier alpha value is -3.98. The van der Waals surface area contributed by atoms with Gasteiger partial charge < -0.3 is 9.84 Å². The van der Waals surface area contributed by atoms with Gasteiger partial charge in [-0.2, -0.15) is 4.98 Å². The second kappa shape index (κ2) is 8.18. The first-order valence-electron chi connectivity index (χ1n) is 10.4. The maximum Gasteiger partial charge on any atom is 0.264 e. The lowest BCUT2D eigenvalue weighted by Gasteiger charge is -2.20. The Kier molecular flexibility index (Phi) is 5.18. The Balaban J connectivity index is 1.43. The monoisotopic (exact) mass is 460 g/mol. The molecule has 0 bridgehead atoms. The molecule has 4 aromatic rings. The van der Waals surface area contributed by atoms with E-state index in [0.717, 1.165) is 5.56 Å². The van der Waals surface area contributed by atoms with Gasteiger partial charge in [0, 0.05) is 24.6 Å². The number of amides is 1. The molecule has 0 spiro atoms. The van der Waals surface area contributed by atoms with Crippen LogP contribution in [0.15, 0.2) is 82.2 Å². The molecule has 5 rings (SSSR count). The van der Waals surface area contributed by atoms with Crippen molar-refractivity contribution in [1.82, 2.24) is 10.1 Å². The predicted octanol–water partition coefficient (Wildman–Crippen LogP) is 4.05. The average molecular weight is 461 g/mol. The first kappa shape index (κ1) is 20.9. The molecule has 1 aliphatic heterocycles. The molecule has 3 aromatic carbocycles. The number of sulfonamides is 1. The standard InChI is InChI=1S/C24H20N4O4S/c1-16-25-23(27-32-16)20-10-3-4-11-21(20)26-24(29)18-8-6-9-19(15-18)33(30,31)28-14-13-17-7-2-5-12-22(17)28/h2-12,15H,13-14H2,1H3,(H,26,29). The van der Waals surface area contributed by atoms with Crippen LogP contribution in [-0.4, -0.2) is 31.0 Å². The molecule has 2 heterocycles. The number of hydrogen-bond acceptors (Lipinski definition) is 6. The third kappa shape index (κ3) is 3.87. The van der Waals surface area contributed by atoms with Gasteiger partial charge in [-0.25, -0.2) is 8.42 Å². The molecular weight excluding hydrogens is 440 g/mol. The summed E-state index contributed by atoms with van der Waals surface area (Å²) in [6, 6.07) is 20.6. The zero-order chi connectivity index (χ0) is 23.0. The van der Waals surface area contributed by atoms with Crippen LogP contribution in [0.2, 0.25) is 0 Å². The summed E-state index contributed by atoms with van der Waals surface area (Å²) < 4.78 is 33.1. The molecule has 0 fully saturated rings. The number of aromatic nitrogens is 2. The molecule has 0 saturated carbocycles. The van der Waals surface area contributed by atoms with E-state index in [-0.39, 0.29) is 10.5 Å². The maximum atomic E-state index is 13.3. The van der Waals surface area contributed by atoms with Crippen LogP contribution in [0.3, 0.4) is 0 Å². The van der Waals surface area contributed by atoms with Gasteiger partial charge in [-0.3, -0.25) is 9.10 Å². The molecule has 0 unspecified atom stereocenters. The summed E-state index contributed by atoms with van der Waals surface area (Å²) in [6.07, 6.45) is 0.655. The third-order valence-electron chi connectivity index (χ3n) is 5.47. The van der Waals surface area contributed by atoms with Gasteiger partial charge in [0.1, 0.15) is 0 Å². The summed E-state index contributed by atoms with van der Waals surface area (Å²) in [5.41, 5.74) is 2.98. The van der Waals surface area contributed by atoms with Crippen molar-refractivity contribution in [1.29, 1.82) is 0 Å². The van der Waals surface area contributed by atoms with Crippen molar-refractivity contribution < 1.29 is 17.7 Å². The van der Waals surface area contributed by atoms with Crippen molar-refractivity contribution in [3.05, 3.63) is 89.8 Å². The molecule has 0 saturated heterocycles. The van der Waals surface area contributed by atoms with E-state index in [4.69, 9.17) is 4.52 Å². The SMILES string of the molecule is Cc1nc(-c2ccccc2NC(=O)c2cccc(S(=O)(=O)N3CCc4ccccc43)c2)no1. The molecular formula is C24H20N4O4S. The minimum absolute atomic E-state index is 0.0638. The van der Waals surface area contributed by atoms with Crippen LogP contribution >= 0.6 is 0 Å². The van der Waals surface area contributed by atoms with Crippen molar-refractivity contribution in [2.45, 2.75) is 18.2 Å². The number of para-hydroxylation sites is 2. The molecule has 0 aliphatic carbocycles. The number of carbonyl (C=O) groups excluding carboxylic acids is 1. The summed E-state index contributed by atoms with van der Waals surface area (Å²) in [5.74, 6) is 0.321. The third-order valence-corrected chi connectivity index (χ3v) is 7.28. The number of nitrogens with zero attached hydrogens (tertiary/aromatic N) is 3. The van der Waals surface area contributed by atoms with Crippen LogP contribution < -0.4 is 9.62 Å². The van der Waals surface area contributed by atoms with E-state index in [2.05, 4.69) is 15.5 Å². The normalized spacial score (nSPS) is 13.1. The van der Waals surface area contributed by atoms with Gasteiger partial charge >= 0.3 is 0 Å². The largest absolute Gasteiger partial charge is 0.339 e. The Labute approximate surface area is 190 Å². The summed E-state index contributed by atoms with van der Waals surface area (Å²) in [4.78, 5) is 17.3. The van der Waals surface area contributed by atoms with Gasteiger partial charge in [0.15, 0.2) is 0 Å². The van der Waals surface area contributed by atoms with Crippen molar-refractivity contribution in [2.24, 2.45) is 0 Å². The lowest BCUT2D eigenvalue weighted by Crippen LogP contribution is -2.29. The zero-order valence-corrected chi connectivity index (χ0v) is 18.5. The van der Waals surface area contributed by atoms with Crippen LogP contribution in [0.1, 0.15) is 21.8 Å². The molecule has 0 radical (unpaired) electrons. The predicted molar refractivity (Wildman–Crippen MR) is 124 cm³/mol. The molecule has 1 N–H and O–H groups in total. The van der Waals surface area contributed by atoms with E-state index in [0.29, 0.717) is 41.6 Å². The smallest absolute Gasteiger partial charge is 0.264 e. The van der Waals surface area contributed by atoms with Crippen LogP contribution in [0.25, 0.3) is 11.4 Å². The summed E-state index contributed by atoms with van der Waals surface area (Å²) >= 11 is 0. The number of fused-ring (bicyclic) bond motifs is 1. The molecule has 166 valence electrons. The van der Waals surface area contributed by atoms with Crippen molar-refractivity contribution >= 4 is 27.3 Å². The highest BCUT2D eigenvalue weighted by atomic mass is 32.2. The van der Waals surface area contributed by atoms with E-state index in [1.165, 1.54) is 16.4 Å². The number of hydrogen-bond donors (Lipinski definition) is 1. The van der Waals surface area contributed by atoms with Crippen molar-refractivity contribution in [3.8, 4) is 11.4 Å². The summed E-state index contributed by atoms with van der Waals surface area (Å²) in [5, 5.41) is 6.74. The van der Waals surface area contributed by atoms with E-state index >= 15 is 0 Å². The van der Waals surface area contributed by atoms with Gasteiger partial charge in [0.05, 0.1) is 16.3 Å². The van der Waals surface area contributed by atoms with Crippen molar-refractivity contribution in [2.75, 3.05) is 16.2 Å². The number of aryl methyl sites for hydroxylation is 1. The fraction of sp³-hybridized carbons (Fsp3) is 0.125. The molecule has 1 aromatic heterocycles. The molecule has 1 aliphatic rings. The highest BCUT2D eigenvalue weighted by molar-refractivity contribution is 7.92. The fourth-order valence-corrected chi connectivity index (χ4v) is 5.42. The number of rotatable bonds is 5. The number of benzene rings is 3. The van der Waals surface area contributed by atoms with Crippen LogP contribution in [0.5, 0.6) is 0 Å². The zero-order valence-electron chi connectivity index (χ0n) is 17.7. The second-order valence-corrected chi connectivity index (χ2v) is 9.48. The van der Waals surface area contributed by atoms with Gasteiger partial charge in [-0.05, 0) is 48.4 Å². The number of anilines is 2. The first-order valence-corrected chi connectivity index (χ1v) is 11.8. The minimum atomic E-state index is -3.81. The van der Waals surface area contributed by atoms with Crippen LogP contribution in [-0.2, 0) is 16.4 Å². The number of nitrogens with one attached hydrogen (secondary N) is 1. The van der Waals surface area contributed by atoms with Crippen LogP contribution in [0, 0.1) is 6.92 Å². The first-order chi connectivity index (χ1) is 15.9. The minimum Gasteiger partial charge on any atom is -0.339 e. The highest BCUT2D eigenvalue weighted by Crippen LogP contribution is 2.33. The maximum absolute atomic E-state index is 13.3. The molecule has 1 amide bonds. The van der Waals surface area contributed by atoms with Gasteiger partial charge in [-0.1, -0.05) is 41.6 Å². The quantitative estimate of drug-likeness (QED) is 0.482. The highest BCUT2D eigenvalue weighted by Gasteiger charge is 2.31.